The number of nitrogens with one attached hydrogen (secondary N) is 2. The Kier molecular flexibility index (Phi) is 3.86. The summed E-state index contributed by atoms with van der Waals surface area (Å²) in [6.07, 6.45) is 1.41. The number of carbonyl (C=O) groups excluding carboxylic acids is 1. The highest BCUT2D eigenvalue weighted by Gasteiger charge is 2.24. The smallest absolute Gasteiger partial charge is 0.323 e. The fourth-order valence-corrected chi connectivity index (χ4v) is 2.66. The lowest BCUT2D eigenvalue weighted by Crippen LogP contribution is -2.49. The molecule has 0 spiro atoms. The number of aromatic amines is 2. The van der Waals surface area contributed by atoms with E-state index in [0.717, 1.165) is 24.5 Å². The van der Waals surface area contributed by atoms with Crippen molar-refractivity contribution in [2.24, 2.45) is 0 Å². The molecule has 1 aromatic heterocycles. The van der Waals surface area contributed by atoms with Crippen molar-refractivity contribution < 1.29 is 9.53 Å². The van der Waals surface area contributed by atoms with Gasteiger partial charge in [0.2, 0.25) is 0 Å². The first kappa shape index (κ1) is 14.2. The first-order valence-electron chi connectivity index (χ1n) is 7.14. The number of piperazine rings is 1. The molecule has 0 bridgehead atoms. The number of imidazole rings is 1. The largest absolute Gasteiger partial charge is 0.495 e. The maximum Gasteiger partial charge on any atom is 0.323 e. The van der Waals surface area contributed by atoms with Crippen LogP contribution >= 0.6 is 0 Å². The van der Waals surface area contributed by atoms with E-state index in [0.29, 0.717) is 18.8 Å². The Balaban J connectivity index is 1.67. The van der Waals surface area contributed by atoms with Gasteiger partial charge in [-0.15, -0.1) is 0 Å². The van der Waals surface area contributed by atoms with Crippen LogP contribution in [0.5, 0.6) is 5.75 Å². The molecule has 7 nitrogen and oxygen atoms in total. The van der Waals surface area contributed by atoms with Crippen LogP contribution in [0.3, 0.4) is 0 Å². The second-order valence-corrected chi connectivity index (χ2v) is 5.11. The minimum atomic E-state index is -0.365. The van der Waals surface area contributed by atoms with Gasteiger partial charge in [-0.05, 0) is 12.1 Å². The fraction of sp³-hybridized carbons (Fsp3) is 0.333. The minimum Gasteiger partial charge on any atom is -0.495 e. The van der Waals surface area contributed by atoms with E-state index in [-0.39, 0.29) is 11.6 Å². The van der Waals surface area contributed by atoms with Crippen LogP contribution in [0.15, 0.2) is 35.3 Å². The zero-order chi connectivity index (χ0) is 15.5. The number of ether oxygens (including phenoxy) is 1. The Labute approximate surface area is 127 Å². The first-order valence-corrected chi connectivity index (χ1v) is 7.14. The molecule has 1 amide bonds. The Hall–Kier alpha value is -2.70. The maximum atomic E-state index is 12.3. The second-order valence-electron chi connectivity index (χ2n) is 5.11. The zero-order valence-electron chi connectivity index (χ0n) is 12.3. The molecule has 1 aromatic carbocycles. The number of rotatable bonds is 3. The molecule has 2 aromatic rings. The van der Waals surface area contributed by atoms with Crippen LogP contribution in [0, 0.1) is 0 Å². The highest BCUT2D eigenvalue weighted by Crippen LogP contribution is 2.28. The van der Waals surface area contributed by atoms with Crippen molar-refractivity contribution in [2.75, 3.05) is 38.2 Å². The second kappa shape index (κ2) is 5.97. The predicted molar refractivity (Wildman–Crippen MR) is 82.5 cm³/mol. The standard InChI is InChI=1S/C15H18N4O3/c1-22-13-5-3-2-4-12(13)18-6-8-19(9-7-18)14(20)11-10-16-15(21)17-11/h2-5,10H,6-9H2,1H3,(H2,16,17,21). The van der Waals surface area contributed by atoms with Crippen LogP contribution in [0.2, 0.25) is 0 Å². The van der Waals surface area contributed by atoms with E-state index in [1.54, 1.807) is 12.0 Å². The molecule has 116 valence electrons. The number of hydrogen-bond acceptors (Lipinski definition) is 4. The van der Waals surface area contributed by atoms with Gasteiger partial charge in [-0.2, -0.15) is 0 Å². The molecular weight excluding hydrogens is 284 g/mol. The Morgan fingerprint density at radius 3 is 2.55 bits per heavy atom. The molecule has 3 rings (SSSR count). The van der Waals surface area contributed by atoms with E-state index < -0.39 is 0 Å². The lowest BCUT2D eigenvalue weighted by atomic mass is 10.2. The van der Waals surface area contributed by atoms with Crippen LogP contribution in [-0.2, 0) is 0 Å². The van der Waals surface area contributed by atoms with E-state index in [4.69, 9.17) is 4.74 Å². The third kappa shape index (κ3) is 2.69. The van der Waals surface area contributed by atoms with Gasteiger partial charge in [0.1, 0.15) is 11.4 Å². The third-order valence-corrected chi connectivity index (χ3v) is 3.82. The van der Waals surface area contributed by atoms with Gasteiger partial charge in [0.05, 0.1) is 12.8 Å². The van der Waals surface area contributed by atoms with Crippen molar-refractivity contribution in [1.29, 1.82) is 0 Å². The lowest BCUT2D eigenvalue weighted by molar-refractivity contribution is 0.0741. The molecular formula is C15H18N4O3. The van der Waals surface area contributed by atoms with Crippen molar-refractivity contribution in [3.05, 3.63) is 46.6 Å². The summed E-state index contributed by atoms with van der Waals surface area (Å²) in [6, 6.07) is 7.85. The molecule has 1 fully saturated rings. The van der Waals surface area contributed by atoms with Crippen LogP contribution < -0.4 is 15.3 Å². The van der Waals surface area contributed by atoms with E-state index in [1.807, 2.05) is 24.3 Å². The van der Waals surface area contributed by atoms with Crippen molar-refractivity contribution in [1.82, 2.24) is 14.9 Å². The molecule has 0 radical (unpaired) electrons. The number of anilines is 1. The van der Waals surface area contributed by atoms with Crippen LogP contribution in [0.4, 0.5) is 5.69 Å². The molecule has 1 aliphatic rings. The summed E-state index contributed by atoms with van der Waals surface area (Å²) in [5, 5.41) is 0. The van der Waals surface area contributed by atoms with Gasteiger partial charge in [0.25, 0.3) is 5.91 Å². The van der Waals surface area contributed by atoms with Gasteiger partial charge in [-0.1, -0.05) is 12.1 Å². The third-order valence-electron chi connectivity index (χ3n) is 3.82. The van der Waals surface area contributed by atoms with Crippen molar-refractivity contribution >= 4 is 11.6 Å². The highest BCUT2D eigenvalue weighted by molar-refractivity contribution is 5.92. The fourth-order valence-electron chi connectivity index (χ4n) is 2.66. The maximum absolute atomic E-state index is 12.3. The molecule has 0 saturated carbocycles. The molecule has 1 saturated heterocycles. The summed E-state index contributed by atoms with van der Waals surface area (Å²) in [5.74, 6) is 0.676. The van der Waals surface area contributed by atoms with E-state index in [9.17, 15) is 9.59 Å². The minimum absolute atomic E-state index is 0.155. The van der Waals surface area contributed by atoms with Gasteiger partial charge in [-0.3, -0.25) is 4.79 Å². The number of nitrogens with zero attached hydrogens (tertiary/aromatic N) is 2. The van der Waals surface area contributed by atoms with Crippen LogP contribution in [0.25, 0.3) is 0 Å². The van der Waals surface area contributed by atoms with Gasteiger partial charge >= 0.3 is 5.69 Å². The van der Waals surface area contributed by atoms with Crippen LogP contribution in [-0.4, -0.2) is 54.1 Å². The number of para-hydroxylation sites is 2. The van der Waals surface area contributed by atoms with Crippen molar-refractivity contribution in [3.8, 4) is 5.75 Å². The quantitative estimate of drug-likeness (QED) is 0.873. The molecule has 1 aliphatic heterocycles. The number of methoxy groups -OCH3 is 1. The summed E-state index contributed by atoms with van der Waals surface area (Å²) in [7, 11) is 1.65. The Bertz CT molecular complexity index is 713. The molecule has 0 atom stereocenters. The average Bonchev–Trinajstić information content (AvgIpc) is 3.01. The number of carbonyl (C=O) groups is 1. The van der Waals surface area contributed by atoms with Gasteiger partial charge in [-0.25, -0.2) is 4.79 Å². The summed E-state index contributed by atoms with van der Waals surface area (Å²) in [4.78, 5) is 32.2. The first-order chi connectivity index (χ1) is 10.7. The summed E-state index contributed by atoms with van der Waals surface area (Å²) >= 11 is 0. The van der Waals surface area contributed by atoms with Gasteiger partial charge < -0.3 is 24.5 Å². The molecule has 7 heteroatoms. The van der Waals surface area contributed by atoms with E-state index in [2.05, 4.69) is 14.9 Å². The lowest BCUT2D eigenvalue weighted by Gasteiger charge is -2.36. The predicted octanol–water partition coefficient (Wildman–Crippen LogP) is 0.674. The van der Waals surface area contributed by atoms with Gasteiger partial charge in [0, 0.05) is 32.4 Å². The molecule has 0 aliphatic carbocycles. The summed E-state index contributed by atoms with van der Waals surface area (Å²) in [6.45, 7) is 2.65. The normalized spacial score (nSPS) is 15.0. The topological polar surface area (TPSA) is 81.4 Å². The molecule has 0 unspecified atom stereocenters. The zero-order valence-corrected chi connectivity index (χ0v) is 12.3. The number of H-pyrrole nitrogens is 2. The monoisotopic (exact) mass is 302 g/mol. The highest BCUT2D eigenvalue weighted by atomic mass is 16.5. The molecule has 2 N–H and O–H groups in total. The Morgan fingerprint density at radius 1 is 1.18 bits per heavy atom. The number of amides is 1. The Morgan fingerprint density at radius 2 is 1.91 bits per heavy atom. The molecule has 22 heavy (non-hydrogen) atoms. The van der Waals surface area contributed by atoms with Gasteiger partial charge in [0.15, 0.2) is 0 Å². The number of hydrogen-bond donors (Lipinski definition) is 2. The summed E-state index contributed by atoms with van der Waals surface area (Å²) in [5.41, 5.74) is 0.971. The molecule has 2 heterocycles. The summed E-state index contributed by atoms with van der Waals surface area (Å²) < 4.78 is 5.38. The number of aromatic nitrogens is 2. The van der Waals surface area contributed by atoms with E-state index >= 15 is 0 Å². The average molecular weight is 302 g/mol. The number of benzene rings is 1. The SMILES string of the molecule is COc1ccccc1N1CCN(C(=O)c2c[nH]c(=O)[nH]2)CC1. The van der Waals surface area contributed by atoms with Crippen molar-refractivity contribution in [2.45, 2.75) is 0 Å². The van der Waals surface area contributed by atoms with Crippen molar-refractivity contribution in [3.63, 3.8) is 0 Å². The van der Waals surface area contributed by atoms with E-state index in [1.165, 1.54) is 6.20 Å². The van der Waals surface area contributed by atoms with Crippen LogP contribution in [0.1, 0.15) is 10.5 Å².